The van der Waals surface area contributed by atoms with Gasteiger partial charge < -0.3 is 5.32 Å². The summed E-state index contributed by atoms with van der Waals surface area (Å²) in [5, 5.41) is 10.1. The molecule has 2 aromatic carbocycles. The molecule has 0 radical (unpaired) electrons. The van der Waals surface area contributed by atoms with Crippen molar-refractivity contribution in [2.45, 2.75) is 13.1 Å². The number of pyridine rings is 1. The Kier molecular flexibility index (Phi) is 5.24. The molecule has 6 nitrogen and oxygen atoms in total. The van der Waals surface area contributed by atoms with Gasteiger partial charge in [-0.3, -0.25) is 4.79 Å². The molecule has 0 aliphatic heterocycles. The third-order valence-electron chi connectivity index (χ3n) is 4.99. The molecule has 0 spiro atoms. The molecule has 1 amide bonds. The van der Waals surface area contributed by atoms with Crippen LogP contribution >= 0.6 is 11.3 Å². The zero-order valence-corrected chi connectivity index (χ0v) is 17.4. The summed E-state index contributed by atoms with van der Waals surface area (Å²) in [4.78, 5) is 22.9. The number of amides is 1. The van der Waals surface area contributed by atoms with Crippen LogP contribution in [0.3, 0.4) is 0 Å². The Bertz CT molecular complexity index is 1330. The number of benzene rings is 2. The summed E-state index contributed by atoms with van der Waals surface area (Å²) in [6, 6.07) is 21.7. The lowest BCUT2D eigenvalue weighted by Gasteiger charge is -2.11. The summed E-state index contributed by atoms with van der Waals surface area (Å²) < 4.78 is 1.77. The predicted octanol–water partition coefficient (Wildman–Crippen LogP) is 4.53. The highest BCUT2D eigenvalue weighted by molar-refractivity contribution is 7.13. The maximum Gasteiger partial charge on any atom is 0.252 e. The van der Waals surface area contributed by atoms with E-state index in [-0.39, 0.29) is 5.91 Å². The fourth-order valence-corrected chi connectivity index (χ4v) is 4.22. The Hall–Kier alpha value is -3.84. The quantitative estimate of drug-likeness (QED) is 0.434. The van der Waals surface area contributed by atoms with E-state index in [0.717, 1.165) is 32.6 Å². The van der Waals surface area contributed by atoms with E-state index in [4.69, 9.17) is 4.98 Å². The van der Waals surface area contributed by atoms with E-state index in [1.807, 2.05) is 66.0 Å². The molecule has 152 valence electrons. The molecule has 0 atom stereocenters. The molecule has 0 aliphatic carbocycles. The van der Waals surface area contributed by atoms with Gasteiger partial charge in [0.25, 0.3) is 5.91 Å². The standard InChI is InChI=1S/C24H19N5OS/c30-24(26-13-17-5-3-6-18(11-17)14-29-16-25-15-27-29)20-12-22(23-9-4-10-31-23)28-21-8-2-1-7-19(20)21/h1-12,15-16H,13-14H2,(H,26,30). The van der Waals surface area contributed by atoms with Gasteiger partial charge >= 0.3 is 0 Å². The molecule has 0 bridgehead atoms. The average molecular weight is 426 g/mol. The minimum Gasteiger partial charge on any atom is -0.348 e. The first-order valence-corrected chi connectivity index (χ1v) is 10.8. The van der Waals surface area contributed by atoms with Gasteiger partial charge in [-0.2, -0.15) is 5.10 Å². The summed E-state index contributed by atoms with van der Waals surface area (Å²) in [6.07, 6.45) is 3.21. The zero-order chi connectivity index (χ0) is 21.0. The average Bonchev–Trinajstić information content (AvgIpc) is 3.51. The van der Waals surface area contributed by atoms with Crippen molar-refractivity contribution in [1.82, 2.24) is 25.1 Å². The molecule has 31 heavy (non-hydrogen) atoms. The Morgan fingerprint density at radius 1 is 1.00 bits per heavy atom. The third-order valence-corrected chi connectivity index (χ3v) is 5.88. The van der Waals surface area contributed by atoms with Gasteiger partial charge in [-0.25, -0.2) is 14.6 Å². The number of hydrogen-bond acceptors (Lipinski definition) is 5. The van der Waals surface area contributed by atoms with Gasteiger partial charge in [-0.05, 0) is 34.7 Å². The molecule has 1 N–H and O–H groups in total. The number of rotatable bonds is 6. The van der Waals surface area contributed by atoms with Gasteiger partial charge in [0.05, 0.1) is 28.2 Å². The molecule has 0 fully saturated rings. The molecule has 5 aromatic rings. The maximum absolute atomic E-state index is 13.1. The van der Waals surface area contributed by atoms with Crippen molar-refractivity contribution < 1.29 is 4.79 Å². The van der Waals surface area contributed by atoms with Crippen LogP contribution in [0.15, 0.2) is 84.8 Å². The Balaban J connectivity index is 1.38. The lowest BCUT2D eigenvalue weighted by Crippen LogP contribution is -2.23. The second kappa shape index (κ2) is 8.49. The summed E-state index contributed by atoms with van der Waals surface area (Å²) in [5.41, 5.74) is 4.39. The van der Waals surface area contributed by atoms with Crippen LogP contribution in [-0.4, -0.2) is 25.7 Å². The van der Waals surface area contributed by atoms with E-state index in [1.165, 1.54) is 6.33 Å². The van der Waals surface area contributed by atoms with Crippen molar-refractivity contribution in [2.24, 2.45) is 0 Å². The van der Waals surface area contributed by atoms with Gasteiger partial charge in [-0.1, -0.05) is 48.5 Å². The van der Waals surface area contributed by atoms with Crippen molar-refractivity contribution in [3.05, 3.63) is 101 Å². The minimum absolute atomic E-state index is 0.113. The molecular formula is C24H19N5OS. The number of carbonyl (C=O) groups excluding carboxylic acids is 1. The number of thiophene rings is 1. The number of nitrogens with zero attached hydrogens (tertiary/aromatic N) is 4. The third kappa shape index (κ3) is 4.22. The van der Waals surface area contributed by atoms with Crippen LogP contribution in [0.1, 0.15) is 21.5 Å². The van der Waals surface area contributed by atoms with Crippen LogP contribution in [0.4, 0.5) is 0 Å². The molecule has 0 unspecified atom stereocenters. The number of carbonyl (C=O) groups is 1. The normalized spacial score (nSPS) is 11.0. The summed E-state index contributed by atoms with van der Waals surface area (Å²) in [6.45, 7) is 1.08. The minimum atomic E-state index is -0.113. The van der Waals surface area contributed by atoms with Crippen LogP contribution in [0.5, 0.6) is 0 Å². The molecule has 5 rings (SSSR count). The van der Waals surface area contributed by atoms with Crippen molar-refractivity contribution in [2.75, 3.05) is 0 Å². The Morgan fingerprint density at radius 2 is 1.90 bits per heavy atom. The van der Waals surface area contributed by atoms with Crippen molar-refractivity contribution >= 4 is 28.1 Å². The molecule has 3 aromatic heterocycles. The van der Waals surface area contributed by atoms with Gasteiger partial charge in [0.1, 0.15) is 12.7 Å². The first-order valence-electron chi connectivity index (χ1n) is 9.88. The molecular weight excluding hydrogens is 406 g/mol. The fourth-order valence-electron chi connectivity index (χ4n) is 3.53. The number of nitrogens with one attached hydrogen (secondary N) is 1. The second-order valence-electron chi connectivity index (χ2n) is 7.15. The van der Waals surface area contributed by atoms with Crippen LogP contribution in [0.25, 0.3) is 21.5 Å². The van der Waals surface area contributed by atoms with Crippen LogP contribution in [-0.2, 0) is 13.1 Å². The second-order valence-corrected chi connectivity index (χ2v) is 8.09. The molecule has 3 heterocycles. The molecule has 0 aliphatic rings. The Morgan fingerprint density at radius 3 is 2.74 bits per heavy atom. The number of aromatic nitrogens is 4. The number of para-hydroxylation sites is 1. The lowest BCUT2D eigenvalue weighted by atomic mass is 10.1. The number of fused-ring (bicyclic) bond motifs is 1. The van der Waals surface area contributed by atoms with Crippen molar-refractivity contribution in [3.63, 3.8) is 0 Å². The SMILES string of the molecule is O=C(NCc1cccc(Cn2cncn2)c1)c1cc(-c2cccs2)nc2ccccc12. The highest BCUT2D eigenvalue weighted by atomic mass is 32.1. The number of hydrogen-bond donors (Lipinski definition) is 1. The molecule has 0 saturated heterocycles. The largest absolute Gasteiger partial charge is 0.348 e. The first kappa shape index (κ1) is 19.1. The van der Waals surface area contributed by atoms with Crippen LogP contribution in [0.2, 0.25) is 0 Å². The van der Waals surface area contributed by atoms with Crippen molar-refractivity contribution in [1.29, 1.82) is 0 Å². The summed E-state index contributed by atoms with van der Waals surface area (Å²) in [7, 11) is 0. The Labute approximate surface area is 183 Å². The van der Waals surface area contributed by atoms with Gasteiger partial charge in [0.2, 0.25) is 0 Å². The van der Waals surface area contributed by atoms with E-state index in [2.05, 4.69) is 21.5 Å². The zero-order valence-electron chi connectivity index (χ0n) is 16.6. The predicted molar refractivity (Wildman–Crippen MR) is 122 cm³/mol. The van der Waals surface area contributed by atoms with Crippen LogP contribution < -0.4 is 5.32 Å². The van der Waals surface area contributed by atoms with E-state index in [1.54, 1.807) is 22.3 Å². The summed E-state index contributed by atoms with van der Waals surface area (Å²) in [5.74, 6) is -0.113. The smallest absolute Gasteiger partial charge is 0.252 e. The highest BCUT2D eigenvalue weighted by Crippen LogP contribution is 2.27. The molecule has 0 saturated carbocycles. The molecule has 7 heteroatoms. The highest BCUT2D eigenvalue weighted by Gasteiger charge is 2.14. The van der Waals surface area contributed by atoms with E-state index in [9.17, 15) is 4.79 Å². The van der Waals surface area contributed by atoms with E-state index in [0.29, 0.717) is 18.7 Å². The van der Waals surface area contributed by atoms with Crippen molar-refractivity contribution in [3.8, 4) is 10.6 Å². The van der Waals surface area contributed by atoms with E-state index < -0.39 is 0 Å². The van der Waals surface area contributed by atoms with Crippen LogP contribution in [0, 0.1) is 0 Å². The lowest BCUT2D eigenvalue weighted by molar-refractivity contribution is 0.0952. The van der Waals surface area contributed by atoms with Gasteiger partial charge in [0, 0.05) is 11.9 Å². The summed E-state index contributed by atoms with van der Waals surface area (Å²) >= 11 is 1.61. The first-order chi connectivity index (χ1) is 15.3. The monoisotopic (exact) mass is 425 g/mol. The van der Waals surface area contributed by atoms with Gasteiger partial charge in [-0.15, -0.1) is 11.3 Å². The fraction of sp³-hybridized carbons (Fsp3) is 0.0833. The van der Waals surface area contributed by atoms with Gasteiger partial charge in [0.15, 0.2) is 0 Å². The maximum atomic E-state index is 13.1. The topological polar surface area (TPSA) is 72.7 Å². The van der Waals surface area contributed by atoms with E-state index >= 15 is 0 Å².